The first-order valence-electron chi connectivity index (χ1n) is 4.98. The van der Waals surface area contributed by atoms with Gasteiger partial charge in [-0.15, -0.1) is 0 Å². The van der Waals surface area contributed by atoms with Gasteiger partial charge in [-0.2, -0.15) is 0 Å². The standard InChI is InChI=1S/C12H13BrFNO2/c1-8(12(16)17-2)5-6-15-11-4-3-9(14)7-10(11)13/h3-5,7,15H,6H2,1-2H3/b8-5+. The lowest BCUT2D eigenvalue weighted by Crippen LogP contribution is -2.05. The summed E-state index contributed by atoms with van der Waals surface area (Å²) in [6, 6.07) is 4.36. The van der Waals surface area contributed by atoms with Crippen molar-refractivity contribution >= 4 is 27.6 Å². The van der Waals surface area contributed by atoms with Gasteiger partial charge in [0.2, 0.25) is 0 Å². The van der Waals surface area contributed by atoms with Gasteiger partial charge in [-0.25, -0.2) is 9.18 Å². The van der Waals surface area contributed by atoms with E-state index in [9.17, 15) is 9.18 Å². The van der Waals surface area contributed by atoms with Crippen molar-refractivity contribution in [3.05, 3.63) is 40.1 Å². The van der Waals surface area contributed by atoms with Gasteiger partial charge in [0.15, 0.2) is 0 Å². The minimum absolute atomic E-state index is 0.302. The summed E-state index contributed by atoms with van der Waals surface area (Å²) < 4.78 is 18.0. The second-order valence-corrected chi connectivity index (χ2v) is 4.24. The van der Waals surface area contributed by atoms with Crippen molar-refractivity contribution in [1.29, 1.82) is 0 Å². The summed E-state index contributed by atoms with van der Waals surface area (Å²) in [4.78, 5) is 11.1. The zero-order valence-electron chi connectivity index (χ0n) is 9.59. The van der Waals surface area contributed by atoms with Crippen LogP contribution in [0.3, 0.4) is 0 Å². The fourth-order valence-corrected chi connectivity index (χ4v) is 1.68. The molecule has 0 atom stereocenters. The number of benzene rings is 1. The third-order valence-electron chi connectivity index (χ3n) is 2.14. The van der Waals surface area contributed by atoms with E-state index < -0.39 is 0 Å². The predicted molar refractivity (Wildman–Crippen MR) is 68.4 cm³/mol. The Kier molecular flexibility index (Phi) is 5.15. The maximum absolute atomic E-state index is 12.8. The van der Waals surface area contributed by atoms with Crippen LogP contribution in [0.5, 0.6) is 0 Å². The smallest absolute Gasteiger partial charge is 0.333 e. The first kappa shape index (κ1) is 13.7. The first-order chi connectivity index (χ1) is 8.04. The Morgan fingerprint density at radius 1 is 1.59 bits per heavy atom. The molecule has 0 bridgehead atoms. The highest BCUT2D eigenvalue weighted by atomic mass is 79.9. The van der Waals surface area contributed by atoms with Gasteiger partial charge in [0.05, 0.1) is 7.11 Å². The molecule has 0 saturated carbocycles. The van der Waals surface area contributed by atoms with Crippen LogP contribution in [-0.2, 0) is 9.53 Å². The molecule has 3 nitrogen and oxygen atoms in total. The molecular formula is C12H13BrFNO2. The molecule has 0 aliphatic heterocycles. The minimum Gasteiger partial charge on any atom is -0.466 e. The number of hydrogen-bond donors (Lipinski definition) is 1. The second kappa shape index (κ2) is 6.39. The number of carbonyl (C=O) groups is 1. The Morgan fingerprint density at radius 2 is 2.29 bits per heavy atom. The fourth-order valence-electron chi connectivity index (χ4n) is 1.19. The molecule has 1 rings (SSSR count). The lowest BCUT2D eigenvalue weighted by molar-refractivity contribution is -0.136. The van der Waals surface area contributed by atoms with Gasteiger partial charge in [-0.05, 0) is 41.1 Å². The number of rotatable bonds is 4. The lowest BCUT2D eigenvalue weighted by Gasteiger charge is -2.06. The topological polar surface area (TPSA) is 38.3 Å². The van der Waals surface area contributed by atoms with E-state index in [0.717, 1.165) is 5.69 Å². The van der Waals surface area contributed by atoms with Crippen molar-refractivity contribution in [3.63, 3.8) is 0 Å². The predicted octanol–water partition coefficient (Wildman–Crippen LogP) is 3.12. The van der Waals surface area contributed by atoms with Crippen molar-refractivity contribution in [2.75, 3.05) is 19.0 Å². The Labute approximate surface area is 108 Å². The zero-order chi connectivity index (χ0) is 12.8. The minimum atomic E-state index is -0.357. The molecule has 5 heteroatoms. The van der Waals surface area contributed by atoms with E-state index in [4.69, 9.17) is 0 Å². The molecule has 1 N–H and O–H groups in total. The molecule has 0 heterocycles. The quantitative estimate of drug-likeness (QED) is 0.686. The number of ether oxygens (including phenoxy) is 1. The van der Waals surface area contributed by atoms with Gasteiger partial charge in [0, 0.05) is 22.3 Å². The largest absolute Gasteiger partial charge is 0.466 e. The molecule has 1 aromatic rings. The van der Waals surface area contributed by atoms with E-state index in [0.29, 0.717) is 16.6 Å². The molecular weight excluding hydrogens is 289 g/mol. The van der Waals surface area contributed by atoms with Crippen LogP contribution < -0.4 is 5.32 Å². The number of nitrogens with one attached hydrogen (secondary N) is 1. The van der Waals surface area contributed by atoms with Crippen LogP contribution >= 0.6 is 15.9 Å². The average Bonchev–Trinajstić information content (AvgIpc) is 2.30. The molecule has 1 aromatic carbocycles. The number of anilines is 1. The highest BCUT2D eigenvalue weighted by molar-refractivity contribution is 9.10. The summed E-state index contributed by atoms with van der Waals surface area (Å²) in [5, 5.41) is 3.05. The Balaban J connectivity index is 2.59. The van der Waals surface area contributed by atoms with Crippen LogP contribution in [0.4, 0.5) is 10.1 Å². The maximum Gasteiger partial charge on any atom is 0.333 e. The van der Waals surface area contributed by atoms with Gasteiger partial charge >= 0.3 is 5.97 Å². The van der Waals surface area contributed by atoms with Crippen LogP contribution in [0.15, 0.2) is 34.3 Å². The van der Waals surface area contributed by atoms with E-state index in [-0.39, 0.29) is 11.8 Å². The number of hydrogen-bond acceptors (Lipinski definition) is 3. The Bertz CT molecular complexity index is 446. The second-order valence-electron chi connectivity index (χ2n) is 3.38. The van der Waals surface area contributed by atoms with Crippen molar-refractivity contribution in [3.8, 4) is 0 Å². The molecule has 0 radical (unpaired) electrons. The molecule has 92 valence electrons. The summed E-state index contributed by atoms with van der Waals surface area (Å²) in [6.07, 6.45) is 1.71. The van der Waals surface area contributed by atoms with Gasteiger partial charge in [-0.3, -0.25) is 0 Å². The molecule has 0 fully saturated rings. The molecule has 0 unspecified atom stereocenters. The van der Waals surface area contributed by atoms with Crippen molar-refractivity contribution in [1.82, 2.24) is 0 Å². The van der Waals surface area contributed by atoms with E-state index >= 15 is 0 Å². The van der Waals surface area contributed by atoms with Crippen LogP contribution in [-0.4, -0.2) is 19.6 Å². The van der Waals surface area contributed by atoms with E-state index in [2.05, 4.69) is 26.0 Å². The molecule has 0 aliphatic carbocycles. The van der Waals surface area contributed by atoms with Gasteiger partial charge < -0.3 is 10.1 Å². The van der Waals surface area contributed by atoms with Gasteiger partial charge in [0.25, 0.3) is 0 Å². The zero-order valence-corrected chi connectivity index (χ0v) is 11.2. The SMILES string of the molecule is COC(=O)/C(C)=C/CNc1ccc(F)cc1Br. The third kappa shape index (κ3) is 4.19. The monoisotopic (exact) mass is 301 g/mol. The number of halogens is 2. The van der Waals surface area contributed by atoms with Gasteiger partial charge in [0.1, 0.15) is 5.82 Å². The van der Waals surface area contributed by atoms with Crippen molar-refractivity contribution in [2.24, 2.45) is 0 Å². The molecule has 0 aromatic heterocycles. The highest BCUT2D eigenvalue weighted by Gasteiger charge is 2.03. The molecule has 0 saturated heterocycles. The van der Waals surface area contributed by atoms with E-state index in [1.54, 1.807) is 19.1 Å². The molecule has 17 heavy (non-hydrogen) atoms. The molecule has 0 amide bonds. The van der Waals surface area contributed by atoms with Crippen LogP contribution in [0.25, 0.3) is 0 Å². The number of methoxy groups -OCH3 is 1. The summed E-state index contributed by atoms with van der Waals surface area (Å²) in [5.41, 5.74) is 1.29. The van der Waals surface area contributed by atoms with E-state index in [1.165, 1.54) is 19.2 Å². The number of carbonyl (C=O) groups excluding carboxylic acids is 1. The molecule has 0 spiro atoms. The Morgan fingerprint density at radius 3 is 2.88 bits per heavy atom. The number of esters is 1. The first-order valence-corrected chi connectivity index (χ1v) is 5.78. The van der Waals surface area contributed by atoms with E-state index in [1.807, 2.05) is 0 Å². The summed E-state index contributed by atoms with van der Waals surface area (Å²) in [5.74, 6) is -0.659. The normalized spacial score (nSPS) is 11.2. The van der Waals surface area contributed by atoms with Crippen LogP contribution in [0.2, 0.25) is 0 Å². The van der Waals surface area contributed by atoms with Crippen molar-refractivity contribution < 1.29 is 13.9 Å². The Hall–Kier alpha value is -1.36. The third-order valence-corrected chi connectivity index (χ3v) is 2.80. The summed E-state index contributed by atoms with van der Waals surface area (Å²) in [7, 11) is 1.34. The average molecular weight is 302 g/mol. The molecule has 0 aliphatic rings. The van der Waals surface area contributed by atoms with Crippen LogP contribution in [0.1, 0.15) is 6.92 Å². The summed E-state index contributed by atoms with van der Waals surface area (Å²) in [6.45, 7) is 2.14. The maximum atomic E-state index is 12.8. The van der Waals surface area contributed by atoms with Gasteiger partial charge in [-0.1, -0.05) is 6.08 Å². The lowest BCUT2D eigenvalue weighted by atomic mass is 10.2. The van der Waals surface area contributed by atoms with Crippen molar-refractivity contribution in [2.45, 2.75) is 6.92 Å². The highest BCUT2D eigenvalue weighted by Crippen LogP contribution is 2.22. The fraction of sp³-hybridized carbons (Fsp3) is 0.250. The summed E-state index contributed by atoms with van der Waals surface area (Å²) >= 11 is 3.24. The van der Waals surface area contributed by atoms with Crippen LogP contribution in [0, 0.1) is 5.82 Å².